The second kappa shape index (κ2) is 5.18. The first-order chi connectivity index (χ1) is 7.81. The third-order valence-corrected chi connectivity index (χ3v) is 2.70. The van der Waals surface area contributed by atoms with E-state index in [9.17, 15) is 0 Å². The summed E-state index contributed by atoms with van der Waals surface area (Å²) in [5.41, 5.74) is 7.91. The molecule has 1 aliphatic heterocycles. The topological polar surface area (TPSA) is 56.5 Å². The van der Waals surface area contributed by atoms with Gasteiger partial charge in [0, 0.05) is 6.54 Å². The highest BCUT2D eigenvalue weighted by Gasteiger charge is 2.15. The van der Waals surface area contributed by atoms with Crippen LogP contribution in [-0.4, -0.2) is 19.9 Å². The van der Waals surface area contributed by atoms with Gasteiger partial charge >= 0.3 is 0 Å². The van der Waals surface area contributed by atoms with E-state index >= 15 is 0 Å². The van der Waals surface area contributed by atoms with E-state index in [1.54, 1.807) is 0 Å². The fraction of sp³-hybridized carbons (Fsp3) is 0.500. The summed E-state index contributed by atoms with van der Waals surface area (Å²) in [6, 6.07) is 4.08. The third-order valence-electron chi connectivity index (χ3n) is 2.70. The zero-order valence-corrected chi connectivity index (χ0v) is 9.58. The first kappa shape index (κ1) is 11.2. The number of ether oxygens (including phenoxy) is 2. The minimum atomic E-state index is 0.332. The van der Waals surface area contributed by atoms with Crippen molar-refractivity contribution >= 4 is 0 Å². The van der Waals surface area contributed by atoms with Crippen molar-refractivity contribution in [2.24, 2.45) is 5.73 Å². The maximum atomic E-state index is 5.44. The molecule has 16 heavy (non-hydrogen) atoms. The highest BCUT2D eigenvalue weighted by atomic mass is 16.7. The van der Waals surface area contributed by atoms with Crippen LogP contribution in [0.15, 0.2) is 12.1 Å². The van der Waals surface area contributed by atoms with Crippen molar-refractivity contribution in [2.45, 2.75) is 19.9 Å². The number of hydrogen-bond donors (Lipinski definition) is 2. The van der Waals surface area contributed by atoms with E-state index in [0.717, 1.165) is 37.6 Å². The van der Waals surface area contributed by atoms with Crippen molar-refractivity contribution in [3.8, 4) is 11.5 Å². The Labute approximate surface area is 95.7 Å². The molecule has 1 aromatic rings. The quantitative estimate of drug-likeness (QED) is 0.734. The van der Waals surface area contributed by atoms with E-state index in [4.69, 9.17) is 15.2 Å². The van der Waals surface area contributed by atoms with E-state index in [1.807, 2.05) is 12.1 Å². The summed E-state index contributed by atoms with van der Waals surface area (Å²) in [4.78, 5) is 0. The van der Waals surface area contributed by atoms with Crippen molar-refractivity contribution in [1.29, 1.82) is 0 Å². The van der Waals surface area contributed by atoms with Crippen LogP contribution in [0.4, 0.5) is 0 Å². The van der Waals surface area contributed by atoms with Crippen LogP contribution in [0.5, 0.6) is 11.5 Å². The molecular formula is C12H18N2O2. The summed E-state index contributed by atoms with van der Waals surface area (Å²) in [6.45, 7) is 4.95. The molecule has 4 heteroatoms. The minimum Gasteiger partial charge on any atom is -0.454 e. The minimum absolute atomic E-state index is 0.332. The lowest BCUT2D eigenvalue weighted by molar-refractivity contribution is 0.174. The highest BCUT2D eigenvalue weighted by Crippen LogP contribution is 2.34. The Hall–Kier alpha value is -1.26. The number of rotatable bonds is 5. The number of nitrogens with two attached hydrogens (primary N) is 1. The molecule has 0 saturated heterocycles. The molecular weight excluding hydrogens is 204 g/mol. The van der Waals surface area contributed by atoms with Gasteiger partial charge in [-0.05, 0) is 49.7 Å². The van der Waals surface area contributed by atoms with Gasteiger partial charge in [0.2, 0.25) is 6.79 Å². The molecule has 0 aliphatic carbocycles. The summed E-state index contributed by atoms with van der Waals surface area (Å²) in [7, 11) is 0. The molecule has 1 aliphatic rings. The van der Waals surface area contributed by atoms with Gasteiger partial charge in [-0.2, -0.15) is 0 Å². The molecule has 3 N–H and O–H groups in total. The van der Waals surface area contributed by atoms with Gasteiger partial charge in [-0.1, -0.05) is 0 Å². The number of nitrogens with one attached hydrogen (secondary N) is 1. The average molecular weight is 222 g/mol. The largest absolute Gasteiger partial charge is 0.454 e. The van der Waals surface area contributed by atoms with Crippen LogP contribution in [0.1, 0.15) is 17.5 Å². The van der Waals surface area contributed by atoms with Gasteiger partial charge in [0.15, 0.2) is 11.5 Å². The second-order valence-corrected chi connectivity index (χ2v) is 3.95. The Morgan fingerprint density at radius 2 is 2.06 bits per heavy atom. The Balaban J connectivity index is 1.98. The van der Waals surface area contributed by atoms with Gasteiger partial charge in [-0.25, -0.2) is 0 Å². The molecule has 0 spiro atoms. The summed E-state index contributed by atoms with van der Waals surface area (Å²) in [5.74, 6) is 1.70. The molecule has 0 bridgehead atoms. The van der Waals surface area contributed by atoms with Crippen molar-refractivity contribution in [3.63, 3.8) is 0 Å². The first-order valence-corrected chi connectivity index (χ1v) is 5.61. The van der Waals surface area contributed by atoms with E-state index < -0.39 is 0 Å². The van der Waals surface area contributed by atoms with Crippen LogP contribution in [-0.2, 0) is 6.54 Å². The van der Waals surface area contributed by atoms with E-state index in [-0.39, 0.29) is 0 Å². The maximum absolute atomic E-state index is 5.44. The molecule has 4 nitrogen and oxygen atoms in total. The molecule has 0 unspecified atom stereocenters. The molecule has 2 rings (SSSR count). The van der Waals surface area contributed by atoms with Gasteiger partial charge in [-0.15, -0.1) is 0 Å². The molecule has 0 atom stereocenters. The van der Waals surface area contributed by atoms with E-state index in [1.165, 1.54) is 11.1 Å². The SMILES string of the molecule is Cc1cc2c(cc1CNCCCN)OCO2. The summed E-state index contributed by atoms with van der Waals surface area (Å²) < 4.78 is 10.7. The average Bonchev–Trinajstić information content (AvgIpc) is 2.71. The predicted octanol–water partition coefficient (Wildman–Crippen LogP) is 1.16. The van der Waals surface area contributed by atoms with Crippen molar-refractivity contribution in [3.05, 3.63) is 23.3 Å². The first-order valence-electron chi connectivity index (χ1n) is 5.61. The Kier molecular flexibility index (Phi) is 3.64. The zero-order valence-electron chi connectivity index (χ0n) is 9.58. The predicted molar refractivity (Wildman–Crippen MR) is 62.7 cm³/mol. The van der Waals surface area contributed by atoms with Crippen LogP contribution >= 0.6 is 0 Å². The fourth-order valence-corrected chi connectivity index (χ4v) is 1.73. The number of aryl methyl sites for hydroxylation is 1. The van der Waals surface area contributed by atoms with Crippen LogP contribution in [0.25, 0.3) is 0 Å². The van der Waals surface area contributed by atoms with Gasteiger partial charge in [0.05, 0.1) is 0 Å². The molecule has 1 aromatic carbocycles. The lowest BCUT2D eigenvalue weighted by Gasteiger charge is -2.08. The molecule has 1 heterocycles. The molecule has 0 aromatic heterocycles. The zero-order chi connectivity index (χ0) is 11.4. The normalized spacial score (nSPS) is 13.1. The smallest absolute Gasteiger partial charge is 0.231 e. The monoisotopic (exact) mass is 222 g/mol. The summed E-state index contributed by atoms with van der Waals surface area (Å²) in [6.07, 6.45) is 1.00. The number of fused-ring (bicyclic) bond motifs is 1. The van der Waals surface area contributed by atoms with Crippen molar-refractivity contribution in [1.82, 2.24) is 5.32 Å². The van der Waals surface area contributed by atoms with Gasteiger partial charge in [-0.3, -0.25) is 0 Å². The summed E-state index contributed by atoms with van der Waals surface area (Å²) >= 11 is 0. The van der Waals surface area contributed by atoms with Crippen LogP contribution in [0, 0.1) is 6.92 Å². The molecule has 0 saturated carbocycles. The number of benzene rings is 1. The molecule has 0 radical (unpaired) electrons. The molecule has 88 valence electrons. The van der Waals surface area contributed by atoms with Crippen molar-refractivity contribution < 1.29 is 9.47 Å². The van der Waals surface area contributed by atoms with Crippen LogP contribution in [0.3, 0.4) is 0 Å². The molecule has 0 fully saturated rings. The van der Waals surface area contributed by atoms with Crippen LogP contribution in [0.2, 0.25) is 0 Å². The lowest BCUT2D eigenvalue weighted by Crippen LogP contribution is -2.18. The van der Waals surface area contributed by atoms with Gasteiger partial charge in [0.25, 0.3) is 0 Å². The van der Waals surface area contributed by atoms with Gasteiger partial charge in [0.1, 0.15) is 0 Å². The maximum Gasteiger partial charge on any atom is 0.231 e. The van der Waals surface area contributed by atoms with E-state index in [2.05, 4.69) is 12.2 Å². The summed E-state index contributed by atoms with van der Waals surface area (Å²) in [5, 5.41) is 3.36. The number of hydrogen-bond acceptors (Lipinski definition) is 4. The molecule has 0 amide bonds. The fourth-order valence-electron chi connectivity index (χ4n) is 1.73. The van der Waals surface area contributed by atoms with E-state index in [0.29, 0.717) is 6.79 Å². The van der Waals surface area contributed by atoms with Crippen molar-refractivity contribution in [2.75, 3.05) is 19.9 Å². The third kappa shape index (κ3) is 2.46. The Morgan fingerprint density at radius 3 is 2.81 bits per heavy atom. The Bertz CT molecular complexity index is 366. The standard InChI is InChI=1S/C12H18N2O2/c1-9-5-11-12(16-8-15-11)6-10(9)7-14-4-2-3-13/h5-6,14H,2-4,7-8,13H2,1H3. The van der Waals surface area contributed by atoms with Gasteiger partial charge < -0.3 is 20.5 Å². The highest BCUT2D eigenvalue weighted by molar-refractivity contribution is 5.48. The lowest BCUT2D eigenvalue weighted by atomic mass is 10.1. The second-order valence-electron chi connectivity index (χ2n) is 3.95. The van der Waals surface area contributed by atoms with Crippen LogP contribution < -0.4 is 20.5 Å². The Morgan fingerprint density at radius 1 is 1.31 bits per heavy atom.